The van der Waals surface area contributed by atoms with Crippen LogP contribution < -0.4 is 9.47 Å². The monoisotopic (exact) mass is 313 g/mol. The maximum atomic E-state index is 5.90. The number of likely N-dealkylation sites (N-methyl/N-ethyl adjacent to an activating group) is 1. The van der Waals surface area contributed by atoms with Crippen molar-refractivity contribution in [3.8, 4) is 11.5 Å². The third-order valence-electron chi connectivity index (χ3n) is 4.24. The number of rotatable bonds is 5. The number of benzene rings is 1. The molecule has 1 aliphatic heterocycles. The Labute approximate surface area is 137 Å². The van der Waals surface area contributed by atoms with Crippen LogP contribution in [0.25, 0.3) is 6.08 Å². The van der Waals surface area contributed by atoms with E-state index in [0.717, 1.165) is 30.2 Å². The van der Waals surface area contributed by atoms with Gasteiger partial charge in [-0.2, -0.15) is 5.10 Å². The van der Waals surface area contributed by atoms with Gasteiger partial charge in [0.25, 0.3) is 0 Å². The number of aromatic nitrogens is 2. The number of fused-ring (bicyclic) bond motifs is 1. The Morgan fingerprint density at radius 2 is 2.17 bits per heavy atom. The van der Waals surface area contributed by atoms with Crippen molar-refractivity contribution in [3.63, 3.8) is 0 Å². The van der Waals surface area contributed by atoms with Gasteiger partial charge in [-0.25, -0.2) is 0 Å². The Kier molecular flexibility index (Phi) is 4.39. The largest absolute Gasteiger partial charge is 0.493 e. The summed E-state index contributed by atoms with van der Waals surface area (Å²) < 4.78 is 13.2. The molecule has 1 aliphatic rings. The van der Waals surface area contributed by atoms with Crippen LogP contribution in [0, 0.1) is 6.92 Å². The molecule has 0 unspecified atom stereocenters. The van der Waals surface area contributed by atoms with E-state index < -0.39 is 0 Å². The summed E-state index contributed by atoms with van der Waals surface area (Å²) in [6, 6.07) is 5.97. The van der Waals surface area contributed by atoms with Crippen LogP contribution in [0.5, 0.6) is 11.5 Å². The predicted octanol–water partition coefficient (Wildman–Crippen LogP) is 2.64. The highest BCUT2D eigenvalue weighted by molar-refractivity contribution is 5.66. The summed E-state index contributed by atoms with van der Waals surface area (Å²) in [5.74, 6) is 1.63. The van der Waals surface area contributed by atoms with Crippen LogP contribution in [-0.4, -0.2) is 42.0 Å². The van der Waals surface area contributed by atoms with Crippen molar-refractivity contribution in [1.29, 1.82) is 0 Å². The van der Waals surface area contributed by atoms with Crippen molar-refractivity contribution in [3.05, 3.63) is 46.8 Å². The van der Waals surface area contributed by atoms with Gasteiger partial charge in [0.2, 0.25) is 0 Å². The van der Waals surface area contributed by atoms with Crippen molar-refractivity contribution in [1.82, 2.24) is 14.7 Å². The molecule has 0 saturated carbocycles. The van der Waals surface area contributed by atoms with Crippen LogP contribution in [0.15, 0.2) is 30.0 Å². The second-order valence-corrected chi connectivity index (χ2v) is 6.02. The van der Waals surface area contributed by atoms with Crippen molar-refractivity contribution in [2.45, 2.75) is 13.5 Å². The van der Waals surface area contributed by atoms with Crippen LogP contribution in [-0.2, 0) is 13.6 Å². The smallest absolute Gasteiger partial charge is 0.168 e. The molecule has 5 heteroatoms. The minimum absolute atomic E-state index is 0.601. The molecular weight excluding hydrogens is 290 g/mol. The molecule has 2 aromatic rings. The molecule has 3 rings (SSSR count). The first-order chi connectivity index (χ1) is 11.1. The summed E-state index contributed by atoms with van der Waals surface area (Å²) in [6.07, 6.45) is 4.14. The van der Waals surface area contributed by atoms with Gasteiger partial charge in [-0.05, 0) is 31.7 Å². The molecule has 23 heavy (non-hydrogen) atoms. The average Bonchev–Trinajstić information content (AvgIpc) is 2.86. The van der Waals surface area contributed by atoms with Gasteiger partial charge >= 0.3 is 0 Å². The lowest BCUT2D eigenvalue weighted by atomic mass is 10.1. The lowest BCUT2D eigenvalue weighted by molar-refractivity contribution is 0.290. The molecule has 0 saturated heterocycles. The van der Waals surface area contributed by atoms with Gasteiger partial charge in [-0.15, -0.1) is 0 Å². The fourth-order valence-electron chi connectivity index (χ4n) is 2.87. The van der Waals surface area contributed by atoms with Gasteiger partial charge in [0.15, 0.2) is 11.5 Å². The zero-order chi connectivity index (χ0) is 16.4. The SMILES string of the molecule is COc1cccc2c1OCC(CN(C)Cc1cnn(C)c1C)=C2. The number of para-hydroxylation sites is 1. The standard InChI is InChI=1S/C18H23N3O2/c1-13-16(9-19-21(13)3)11-20(2)10-14-8-15-6-5-7-17(22-4)18(15)23-12-14/h5-9H,10-12H2,1-4H3. The third-order valence-corrected chi connectivity index (χ3v) is 4.24. The van der Waals surface area contributed by atoms with E-state index in [-0.39, 0.29) is 0 Å². The van der Waals surface area contributed by atoms with E-state index in [0.29, 0.717) is 6.61 Å². The first-order valence-electron chi connectivity index (χ1n) is 7.73. The summed E-state index contributed by atoms with van der Waals surface area (Å²) in [7, 11) is 5.76. The van der Waals surface area contributed by atoms with E-state index in [4.69, 9.17) is 9.47 Å². The van der Waals surface area contributed by atoms with E-state index in [1.165, 1.54) is 16.8 Å². The molecule has 2 heterocycles. The first-order valence-corrected chi connectivity index (χ1v) is 7.73. The topological polar surface area (TPSA) is 39.5 Å². The highest BCUT2D eigenvalue weighted by atomic mass is 16.5. The highest BCUT2D eigenvalue weighted by Crippen LogP contribution is 2.35. The zero-order valence-electron chi connectivity index (χ0n) is 14.2. The van der Waals surface area contributed by atoms with Crippen LogP contribution in [0.2, 0.25) is 0 Å². The molecule has 0 amide bonds. The number of aryl methyl sites for hydroxylation is 1. The Morgan fingerprint density at radius 1 is 1.35 bits per heavy atom. The van der Waals surface area contributed by atoms with Crippen LogP contribution in [0.3, 0.4) is 0 Å². The van der Waals surface area contributed by atoms with Crippen molar-refractivity contribution >= 4 is 6.08 Å². The summed E-state index contributed by atoms with van der Waals surface area (Å²) in [4.78, 5) is 2.28. The molecule has 1 aromatic heterocycles. The fourth-order valence-corrected chi connectivity index (χ4v) is 2.87. The summed E-state index contributed by atoms with van der Waals surface area (Å²) in [5, 5.41) is 4.30. The lowest BCUT2D eigenvalue weighted by Gasteiger charge is -2.23. The molecule has 1 aromatic carbocycles. The molecule has 0 spiro atoms. The second kappa shape index (κ2) is 6.46. The number of ether oxygens (including phenoxy) is 2. The second-order valence-electron chi connectivity index (χ2n) is 6.02. The van der Waals surface area contributed by atoms with E-state index in [1.54, 1.807) is 7.11 Å². The van der Waals surface area contributed by atoms with E-state index >= 15 is 0 Å². The molecule has 122 valence electrons. The fraction of sp³-hybridized carbons (Fsp3) is 0.389. The Morgan fingerprint density at radius 3 is 2.87 bits per heavy atom. The van der Waals surface area contributed by atoms with Crippen molar-refractivity contribution in [2.24, 2.45) is 7.05 Å². The Balaban J connectivity index is 1.70. The molecular formula is C18H23N3O2. The molecule has 0 aliphatic carbocycles. The van der Waals surface area contributed by atoms with Gasteiger partial charge in [0.1, 0.15) is 6.61 Å². The summed E-state index contributed by atoms with van der Waals surface area (Å²) >= 11 is 0. The molecule has 5 nitrogen and oxygen atoms in total. The molecule has 0 N–H and O–H groups in total. The van der Waals surface area contributed by atoms with Gasteiger partial charge in [-0.1, -0.05) is 12.1 Å². The van der Waals surface area contributed by atoms with Crippen LogP contribution >= 0.6 is 0 Å². The summed E-state index contributed by atoms with van der Waals surface area (Å²) in [6.45, 7) is 4.44. The lowest BCUT2D eigenvalue weighted by Crippen LogP contribution is -2.24. The van der Waals surface area contributed by atoms with Gasteiger partial charge < -0.3 is 9.47 Å². The van der Waals surface area contributed by atoms with Gasteiger partial charge in [0.05, 0.1) is 13.3 Å². The third kappa shape index (κ3) is 3.24. The van der Waals surface area contributed by atoms with E-state index in [9.17, 15) is 0 Å². The average molecular weight is 313 g/mol. The molecule has 0 atom stereocenters. The van der Waals surface area contributed by atoms with E-state index in [2.05, 4.69) is 36.1 Å². The predicted molar refractivity (Wildman–Crippen MR) is 90.7 cm³/mol. The minimum Gasteiger partial charge on any atom is -0.493 e. The normalized spacial score (nSPS) is 13.5. The van der Waals surface area contributed by atoms with Gasteiger partial charge in [-0.3, -0.25) is 9.58 Å². The molecule has 0 fully saturated rings. The van der Waals surface area contributed by atoms with E-state index in [1.807, 2.05) is 30.1 Å². The van der Waals surface area contributed by atoms with Crippen LogP contribution in [0.4, 0.5) is 0 Å². The number of hydrogen-bond acceptors (Lipinski definition) is 4. The van der Waals surface area contributed by atoms with Crippen LogP contribution in [0.1, 0.15) is 16.8 Å². The number of nitrogens with zero attached hydrogens (tertiary/aromatic N) is 3. The summed E-state index contributed by atoms with van der Waals surface area (Å²) in [5.41, 5.74) is 4.81. The maximum absolute atomic E-state index is 5.90. The quantitative estimate of drug-likeness (QED) is 0.851. The van der Waals surface area contributed by atoms with Gasteiger partial charge in [0, 0.05) is 37.0 Å². The highest BCUT2D eigenvalue weighted by Gasteiger charge is 2.17. The Hall–Kier alpha value is -2.27. The van der Waals surface area contributed by atoms with Crippen molar-refractivity contribution < 1.29 is 9.47 Å². The maximum Gasteiger partial charge on any atom is 0.168 e. The zero-order valence-corrected chi connectivity index (χ0v) is 14.2. The molecule has 0 radical (unpaired) electrons. The first kappa shape index (κ1) is 15.6. The minimum atomic E-state index is 0.601. The molecule has 0 bridgehead atoms. The number of hydrogen-bond donors (Lipinski definition) is 0. The van der Waals surface area contributed by atoms with Crippen molar-refractivity contribution in [2.75, 3.05) is 27.3 Å². The Bertz CT molecular complexity index is 734. The number of methoxy groups -OCH3 is 1.